The molecule has 0 unspecified atom stereocenters. The molecule has 0 saturated carbocycles. The standard InChI is InChI=1S/C26H37N3O3S/c1-21(2)23-10-12-24(13-11-23)29(33(31,32)25-14-8-22(3)9-15-25)20-26(30)27-16-7-19-28-17-5-4-6-18-28/h8-15,21H,4-7,16-20H2,1-3H3,(H,27,30). The summed E-state index contributed by atoms with van der Waals surface area (Å²) in [5.74, 6) is 0.0432. The summed E-state index contributed by atoms with van der Waals surface area (Å²) in [6.45, 7) is 9.60. The lowest BCUT2D eigenvalue weighted by atomic mass is 10.0. The minimum Gasteiger partial charge on any atom is -0.354 e. The molecule has 1 fully saturated rings. The Hall–Kier alpha value is -2.38. The van der Waals surface area contributed by atoms with Gasteiger partial charge in [0, 0.05) is 6.54 Å². The van der Waals surface area contributed by atoms with Gasteiger partial charge in [0.05, 0.1) is 10.6 Å². The number of sulfonamides is 1. The van der Waals surface area contributed by atoms with E-state index < -0.39 is 10.0 Å². The maximum Gasteiger partial charge on any atom is 0.264 e. The summed E-state index contributed by atoms with van der Waals surface area (Å²) < 4.78 is 28.2. The SMILES string of the molecule is Cc1ccc(S(=O)(=O)N(CC(=O)NCCCN2CCCCC2)c2ccc(C(C)C)cc2)cc1. The van der Waals surface area contributed by atoms with Gasteiger partial charge in [0.25, 0.3) is 10.0 Å². The van der Waals surface area contributed by atoms with E-state index in [1.807, 2.05) is 19.1 Å². The fourth-order valence-corrected chi connectivity index (χ4v) is 5.50. The number of anilines is 1. The molecule has 3 rings (SSSR count). The third-order valence-corrected chi connectivity index (χ3v) is 7.95. The van der Waals surface area contributed by atoms with Gasteiger partial charge in [-0.1, -0.05) is 50.1 Å². The Balaban J connectivity index is 1.71. The molecule has 0 bridgehead atoms. The number of nitrogens with zero attached hydrogens (tertiary/aromatic N) is 2. The molecule has 1 aliphatic heterocycles. The Kier molecular flexibility index (Phi) is 8.92. The van der Waals surface area contributed by atoms with Crippen LogP contribution in [0.4, 0.5) is 5.69 Å². The summed E-state index contributed by atoms with van der Waals surface area (Å²) in [5, 5.41) is 2.91. The fraction of sp³-hybridized carbons (Fsp3) is 0.500. The molecule has 33 heavy (non-hydrogen) atoms. The topological polar surface area (TPSA) is 69.7 Å². The van der Waals surface area contributed by atoms with E-state index in [4.69, 9.17) is 0 Å². The van der Waals surface area contributed by atoms with E-state index in [-0.39, 0.29) is 17.3 Å². The largest absolute Gasteiger partial charge is 0.354 e. The molecular weight excluding hydrogens is 434 g/mol. The highest BCUT2D eigenvalue weighted by Gasteiger charge is 2.27. The van der Waals surface area contributed by atoms with Crippen molar-refractivity contribution in [2.75, 3.05) is 37.0 Å². The molecule has 1 saturated heterocycles. The van der Waals surface area contributed by atoms with Crippen LogP contribution < -0.4 is 9.62 Å². The summed E-state index contributed by atoms with van der Waals surface area (Å²) in [6.07, 6.45) is 4.65. The van der Waals surface area contributed by atoms with E-state index in [0.29, 0.717) is 18.2 Å². The van der Waals surface area contributed by atoms with Crippen molar-refractivity contribution in [3.8, 4) is 0 Å². The molecule has 0 aliphatic carbocycles. The van der Waals surface area contributed by atoms with Crippen LogP contribution in [0.5, 0.6) is 0 Å². The van der Waals surface area contributed by atoms with Crippen molar-refractivity contribution in [3.05, 3.63) is 59.7 Å². The van der Waals surface area contributed by atoms with Crippen molar-refractivity contribution in [2.45, 2.75) is 57.3 Å². The third kappa shape index (κ3) is 7.05. The first kappa shape index (κ1) is 25.2. The highest BCUT2D eigenvalue weighted by molar-refractivity contribution is 7.92. The monoisotopic (exact) mass is 471 g/mol. The minimum atomic E-state index is -3.88. The number of hydrogen-bond acceptors (Lipinski definition) is 4. The van der Waals surface area contributed by atoms with Gasteiger partial charge < -0.3 is 10.2 Å². The first-order valence-corrected chi connectivity index (χ1v) is 13.4. The van der Waals surface area contributed by atoms with Gasteiger partial charge in [-0.2, -0.15) is 0 Å². The zero-order chi connectivity index (χ0) is 23.8. The zero-order valence-electron chi connectivity index (χ0n) is 20.1. The molecule has 6 nitrogen and oxygen atoms in total. The van der Waals surface area contributed by atoms with Crippen LogP contribution in [0.3, 0.4) is 0 Å². The summed E-state index contributed by atoms with van der Waals surface area (Å²) in [5.41, 5.74) is 2.59. The van der Waals surface area contributed by atoms with Gasteiger partial charge in [-0.15, -0.1) is 0 Å². The second-order valence-electron chi connectivity index (χ2n) is 9.18. The predicted molar refractivity (Wildman–Crippen MR) is 134 cm³/mol. The highest BCUT2D eigenvalue weighted by atomic mass is 32.2. The van der Waals surface area contributed by atoms with Gasteiger partial charge in [0.2, 0.25) is 5.91 Å². The Morgan fingerprint density at radius 3 is 2.24 bits per heavy atom. The number of aryl methyl sites for hydroxylation is 1. The van der Waals surface area contributed by atoms with E-state index >= 15 is 0 Å². The van der Waals surface area contributed by atoms with Crippen LogP contribution in [0.15, 0.2) is 53.4 Å². The molecule has 1 aliphatic rings. The van der Waals surface area contributed by atoms with Crippen LogP contribution in [0.2, 0.25) is 0 Å². The van der Waals surface area contributed by atoms with Crippen molar-refractivity contribution < 1.29 is 13.2 Å². The number of hydrogen-bond donors (Lipinski definition) is 1. The number of nitrogens with one attached hydrogen (secondary N) is 1. The van der Waals surface area contributed by atoms with E-state index in [1.165, 1.54) is 23.6 Å². The minimum absolute atomic E-state index is 0.180. The molecule has 0 radical (unpaired) electrons. The molecule has 1 amide bonds. The number of carbonyl (C=O) groups is 1. The van der Waals surface area contributed by atoms with Crippen molar-refractivity contribution in [1.82, 2.24) is 10.2 Å². The van der Waals surface area contributed by atoms with Crippen LogP contribution in [-0.4, -0.2) is 51.9 Å². The number of amides is 1. The van der Waals surface area contributed by atoms with Crippen LogP contribution in [0, 0.1) is 6.92 Å². The maximum atomic E-state index is 13.5. The number of benzene rings is 2. The first-order valence-electron chi connectivity index (χ1n) is 12.0. The first-order chi connectivity index (χ1) is 15.8. The predicted octanol–water partition coefficient (Wildman–Crippen LogP) is 4.31. The van der Waals surface area contributed by atoms with Gasteiger partial charge in [-0.05, 0) is 81.6 Å². The van der Waals surface area contributed by atoms with E-state index in [0.717, 1.165) is 37.2 Å². The molecule has 0 atom stereocenters. The lowest BCUT2D eigenvalue weighted by Crippen LogP contribution is -2.41. The van der Waals surface area contributed by atoms with Crippen LogP contribution >= 0.6 is 0 Å². The van der Waals surface area contributed by atoms with Crippen LogP contribution in [0.1, 0.15) is 56.6 Å². The van der Waals surface area contributed by atoms with Gasteiger partial charge in [-0.25, -0.2) is 8.42 Å². The Bertz CT molecular complexity index is 996. The second kappa shape index (κ2) is 11.7. The maximum absolute atomic E-state index is 13.5. The average molecular weight is 472 g/mol. The molecular formula is C26H37N3O3S. The Morgan fingerprint density at radius 2 is 1.64 bits per heavy atom. The Morgan fingerprint density at radius 1 is 1.00 bits per heavy atom. The van der Waals surface area contributed by atoms with Crippen LogP contribution in [0.25, 0.3) is 0 Å². The van der Waals surface area contributed by atoms with E-state index in [2.05, 4.69) is 24.1 Å². The molecule has 2 aromatic rings. The zero-order valence-corrected chi connectivity index (χ0v) is 20.9. The number of carbonyl (C=O) groups excluding carboxylic acids is 1. The van der Waals surface area contributed by atoms with E-state index in [1.54, 1.807) is 36.4 Å². The van der Waals surface area contributed by atoms with E-state index in [9.17, 15) is 13.2 Å². The lowest BCUT2D eigenvalue weighted by Gasteiger charge is -2.26. The molecule has 2 aromatic carbocycles. The van der Waals surface area contributed by atoms with Gasteiger partial charge >= 0.3 is 0 Å². The van der Waals surface area contributed by atoms with Crippen LogP contribution in [-0.2, 0) is 14.8 Å². The van der Waals surface area contributed by atoms with Crippen molar-refractivity contribution in [2.24, 2.45) is 0 Å². The van der Waals surface area contributed by atoms with Crippen molar-refractivity contribution in [1.29, 1.82) is 0 Å². The van der Waals surface area contributed by atoms with Crippen molar-refractivity contribution >= 4 is 21.6 Å². The van der Waals surface area contributed by atoms with Crippen molar-refractivity contribution in [3.63, 3.8) is 0 Å². The number of rotatable bonds is 10. The average Bonchev–Trinajstić information content (AvgIpc) is 2.81. The quantitative estimate of drug-likeness (QED) is 0.525. The summed E-state index contributed by atoms with van der Waals surface area (Å²) in [4.78, 5) is 15.4. The summed E-state index contributed by atoms with van der Waals surface area (Å²) in [7, 11) is -3.88. The molecule has 1 heterocycles. The molecule has 1 N–H and O–H groups in total. The molecule has 7 heteroatoms. The van der Waals surface area contributed by atoms with Gasteiger partial charge in [-0.3, -0.25) is 9.10 Å². The fourth-order valence-electron chi connectivity index (χ4n) is 4.08. The molecule has 0 aromatic heterocycles. The molecule has 0 spiro atoms. The lowest BCUT2D eigenvalue weighted by molar-refractivity contribution is -0.119. The molecule has 180 valence electrons. The normalized spacial score (nSPS) is 14.9. The summed E-state index contributed by atoms with van der Waals surface area (Å²) >= 11 is 0. The second-order valence-corrected chi connectivity index (χ2v) is 11.0. The van der Waals surface area contributed by atoms with Gasteiger partial charge in [0.15, 0.2) is 0 Å². The number of piperidine rings is 1. The number of likely N-dealkylation sites (tertiary alicyclic amines) is 1. The Labute approximate surface area is 199 Å². The smallest absolute Gasteiger partial charge is 0.264 e. The highest BCUT2D eigenvalue weighted by Crippen LogP contribution is 2.26. The summed E-state index contributed by atoms with van der Waals surface area (Å²) in [6, 6.07) is 14.1. The third-order valence-electron chi connectivity index (χ3n) is 6.17. The van der Waals surface area contributed by atoms with Gasteiger partial charge in [0.1, 0.15) is 6.54 Å².